The van der Waals surface area contributed by atoms with Crippen LogP contribution < -0.4 is 15.6 Å². The van der Waals surface area contributed by atoms with Gasteiger partial charge in [0, 0.05) is 42.0 Å². The second kappa shape index (κ2) is 9.81. The largest absolute Gasteiger partial charge is 0.326 e. The average molecular weight is 447 g/mol. The SMILES string of the molecule is CN(CCc1ccccn1)c1[nH+]ccc2nc(-c3ccc(CN)cc3)c(-c3ccccc3)cc12. The molecular formula is C29H28N5+. The lowest BCUT2D eigenvalue weighted by atomic mass is 9.97. The molecule has 0 aliphatic heterocycles. The van der Waals surface area contributed by atoms with E-state index < -0.39 is 0 Å². The number of nitrogens with one attached hydrogen (secondary N) is 1. The third kappa shape index (κ3) is 4.51. The molecule has 0 unspecified atom stereocenters. The standard InChI is InChI=1S/C29H27N5/c1-34(18-15-24-9-5-6-16-31-24)29-26-19-25(22-7-3-2-4-8-22)28(33-27(26)14-17-32-29)23-12-10-21(20-30)11-13-23/h2-14,16-17,19H,15,18,20,30H2,1H3/p+1. The van der Waals surface area contributed by atoms with Crippen molar-refractivity contribution in [1.29, 1.82) is 0 Å². The monoisotopic (exact) mass is 446 g/mol. The van der Waals surface area contributed by atoms with Crippen LogP contribution in [0.2, 0.25) is 0 Å². The molecule has 0 amide bonds. The fourth-order valence-corrected chi connectivity index (χ4v) is 4.23. The van der Waals surface area contributed by atoms with Crippen molar-refractivity contribution in [3.63, 3.8) is 0 Å². The first kappa shape index (κ1) is 21.7. The smallest absolute Gasteiger partial charge is 0.283 e. The Morgan fingerprint density at radius 3 is 2.41 bits per heavy atom. The number of nitrogens with two attached hydrogens (primary N) is 1. The molecule has 5 rings (SSSR count). The molecule has 3 aromatic heterocycles. The highest BCUT2D eigenvalue weighted by atomic mass is 15.2. The summed E-state index contributed by atoms with van der Waals surface area (Å²) in [4.78, 5) is 15.3. The van der Waals surface area contributed by atoms with Crippen LogP contribution in [-0.4, -0.2) is 23.6 Å². The van der Waals surface area contributed by atoms with Gasteiger partial charge in [-0.05, 0) is 29.3 Å². The third-order valence-corrected chi connectivity index (χ3v) is 6.13. The van der Waals surface area contributed by atoms with Gasteiger partial charge in [-0.3, -0.25) is 9.88 Å². The van der Waals surface area contributed by atoms with Crippen LogP contribution in [0.4, 0.5) is 5.82 Å². The Morgan fingerprint density at radius 2 is 1.68 bits per heavy atom. The van der Waals surface area contributed by atoms with Crippen molar-refractivity contribution in [1.82, 2.24) is 9.97 Å². The van der Waals surface area contributed by atoms with Crippen molar-refractivity contribution in [3.05, 3.63) is 109 Å². The number of hydrogen-bond acceptors (Lipinski definition) is 4. The predicted molar refractivity (Wildman–Crippen MR) is 138 cm³/mol. The zero-order chi connectivity index (χ0) is 23.3. The van der Waals surface area contributed by atoms with E-state index in [1.54, 1.807) is 0 Å². The topological polar surface area (TPSA) is 69.2 Å². The number of fused-ring (bicyclic) bond motifs is 1. The number of aromatic nitrogens is 3. The highest BCUT2D eigenvalue weighted by Crippen LogP contribution is 2.35. The third-order valence-electron chi connectivity index (χ3n) is 6.13. The van der Waals surface area contributed by atoms with E-state index in [-0.39, 0.29) is 0 Å². The first-order valence-electron chi connectivity index (χ1n) is 11.5. The zero-order valence-electron chi connectivity index (χ0n) is 19.3. The summed E-state index contributed by atoms with van der Waals surface area (Å²) >= 11 is 0. The van der Waals surface area contributed by atoms with Crippen LogP contribution in [-0.2, 0) is 13.0 Å². The normalized spacial score (nSPS) is 11.0. The lowest BCUT2D eigenvalue weighted by molar-refractivity contribution is -0.362. The maximum Gasteiger partial charge on any atom is 0.283 e. The molecule has 0 atom stereocenters. The number of likely N-dealkylation sites (N-methyl/N-ethyl adjacent to an activating group) is 1. The average Bonchev–Trinajstić information content (AvgIpc) is 2.91. The number of anilines is 1. The second-order valence-corrected chi connectivity index (χ2v) is 8.40. The zero-order valence-corrected chi connectivity index (χ0v) is 19.3. The molecule has 2 aromatic carbocycles. The van der Waals surface area contributed by atoms with Crippen LogP contribution in [0.1, 0.15) is 11.3 Å². The highest BCUT2D eigenvalue weighted by molar-refractivity contribution is 5.96. The molecule has 5 aromatic rings. The molecule has 0 bridgehead atoms. The lowest BCUT2D eigenvalue weighted by Crippen LogP contribution is -2.27. The summed E-state index contributed by atoms with van der Waals surface area (Å²) in [5, 5.41) is 1.09. The van der Waals surface area contributed by atoms with Crippen molar-refractivity contribution in [3.8, 4) is 22.4 Å². The van der Waals surface area contributed by atoms with E-state index in [0.29, 0.717) is 6.54 Å². The molecule has 0 saturated heterocycles. The summed E-state index contributed by atoms with van der Waals surface area (Å²) < 4.78 is 0. The molecule has 5 nitrogen and oxygen atoms in total. The Kier molecular flexibility index (Phi) is 6.27. The summed E-state index contributed by atoms with van der Waals surface area (Å²) in [6.07, 6.45) is 4.68. The molecule has 0 spiro atoms. The van der Waals surface area contributed by atoms with Gasteiger partial charge in [0.25, 0.3) is 5.82 Å². The van der Waals surface area contributed by atoms with Gasteiger partial charge in [-0.1, -0.05) is 60.7 Å². The summed E-state index contributed by atoms with van der Waals surface area (Å²) in [6.45, 7) is 1.37. The van der Waals surface area contributed by atoms with Crippen molar-refractivity contribution in [2.75, 3.05) is 18.5 Å². The quantitative estimate of drug-likeness (QED) is 0.385. The molecule has 3 N–H and O–H groups in total. The van der Waals surface area contributed by atoms with Gasteiger partial charge in [0.05, 0.1) is 36.4 Å². The Morgan fingerprint density at radius 1 is 0.882 bits per heavy atom. The Balaban J connectivity index is 1.60. The summed E-state index contributed by atoms with van der Waals surface area (Å²) in [6, 6.07) is 29.2. The van der Waals surface area contributed by atoms with E-state index in [4.69, 9.17) is 10.7 Å². The molecule has 0 saturated carbocycles. The van der Waals surface area contributed by atoms with Crippen molar-refractivity contribution >= 4 is 16.7 Å². The predicted octanol–water partition coefficient (Wildman–Crippen LogP) is 4.92. The first-order chi connectivity index (χ1) is 16.7. The summed E-state index contributed by atoms with van der Waals surface area (Å²) in [7, 11) is 2.11. The Labute approximate surface area is 200 Å². The van der Waals surface area contributed by atoms with E-state index in [2.05, 4.69) is 82.6 Å². The van der Waals surface area contributed by atoms with Crippen LogP contribution in [0.3, 0.4) is 0 Å². The molecule has 5 heteroatoms. The van der Waals surface area contributed by atoms with Gasteiger partial charge in [0.15, 0.2) is 0 Å². The van der Waals surface area contributed by atoms with E-state index in [1.165, 1.54) is 0 Å². The van der Waals surface area contributed by atoms with Crippen molar-refractivity contribution in [2.45, 2.75) is 13.0 Å². The molecule has 0 radical (unpaired) electrons. The Hall–Kier alpha value is -4.09. The molecular weight excluding hydrogens is 418 g/mol. The highest BCUT2D eigenvalue weighted by Gasteiger charge is 2.19. The van der Waals surface area contributed by atoms with E-state index >= 15 is 0 Å². The summed E-state index contributed by atoms with van der Waals surface area (Å²) in [5.41, 5.74) is 13.3. The van der Waals surface area contributed by atoms with Crippen LogP contribution in [0, 0.1) is 0 Å². The Bertz CT molecular complexity index is 1380. The first-order valence-corrected chi connectivity index (χ1v) is 11.5. The fraction of sp³-hybridized carbons (Fsp3) is 0.138. The number of rotatable bonds is 7. The van der Waals surface area contributed by atoms with E-state index in [9.17, 15) is 0 Å². The van der Waals surface area contributed by atoms with E-state index in [0.717, 1.165) is 63.3 Å². The van der Waals surface area contributed by atoms with Gasteiger partial charge in [-0.25, -0.2) is 9.97 Å². The number of aromatic amines is 1. The van der Waals surface area contributed by atoms with Gasteiger partial charge >= 0.3 is 0 Å². The fourth-order valence-electron chi connectivity index (χ4n) is 4.23. The number of hydrogen-bond donors (Lipinski definition) is 1. The molecule has 0 aliphatic rings. The molecule has 0 aliphatic carbocycles. The van der Waals surface area contributed by atoms with Gasteiger partial charge in [0.2, 0.25) is 0 Å². The maximum atomic E-state index is 5.81. The maximum absolute atomic E-state index is 5.81. The van der Waals surface area contributed by atoms with Gasteiger partial charge < -0.3 is 5.73 Å². The molecule has 0 fully saturated rings. The van der Waals surface area contributed by atoms with E-state index in [1.807, 2.05) is 36.7 Å². The minimum absolute atomic E-state index is 0.529. The van der Waals surface area contributed by atoms with Crippen molar-refractivity contribution < 1.29 is 4.98 Å². The van der Waals surface area contributed by atoms with Crippen LogP contribution >= 0.6 is 0 Å². The van der Waals surface area contributed by atoms with Crippen molar-refractivity contribution in [2.24, 2.45) is 5.73 Å². The van der Waals surface area contributed by atoms with Crippen LogP contribution in [0.25, 0.3) is 33.3 Å². The van der Waals surface area contributed by atoms with Gasteiger partial charge in [0.1, 0.15) is 0 Å². The van der Waals surface area contributed by atoms with Crippen LogP contribution in [0.5, 0.6) is 0 Å². The lowest BCUT2D eigenvalue weighted by Gasteiger charge is -2.15. The van der Waals surface area contributed by atoms with Crippen LogP contribution in [0.15, 0.2) is 97.3 Å². The number of pyridine rings is 3. The minimum atomic E-state index is 0.529. The minimum Gasteiger partial charge on any atom is -0.326 e. The summed E-state index contributed by atoms with van der Waals surface area (Å²) in [5.74, 6) is 1.04. The van der Waals surface area contributed by atoms with Gasteiger partial charge in [-0.2, -0.15) is 0 Å². The number of H-pyrrole nitrogens is 1. The second-order valence-electron chi connectivity index (χ2n) is 8.40. The molecule has 168 valence electrons. The number of benzene rings is 2. The van der Waals surface area contributed by atoms with Gasteiger partial charge in [-0.15, -0.1) is 0 Å². The number of nitrogens with zero attached hydrogens (tertiary/aromatic N) is 3. The molecule has 3 heterocycles. The molecule has 34 heavy (non-hydrogen) atoms.